The smallest absolute Gasteiger partial charge is 0.416 e. The minimum atomic E-state index is -4.46. The van der Waals surface area contributed by atoms with Gasteiger partial charge in [0.2, 0.25) is 5.78 Å². The first-order valence-electron chi connectivity index (χ1n) is 9.92. The normalized spacial score (nSPS) is 20.7. The number of hydrogen-bond donors (Lipinski definition) is 0. The first-order chi connectivity index (χ1) is 13.8. The highest BCUT2D eigenvalue weighted by Gasteiger charge is 2.36. The highest BCUT2D eigenvalue weighted by Crippen LogP contribution is 2.39. The van der Waals surface area contributed by atoms with E-state index in [1.165, 1.54) is 26.0 Å². The van der Waals surface area contributed by atoms with Gasteiger partial charge >= 0.3 is 6.18 Å². The van der Waals surface area contributed by atoms with Crippen LogP contribution in [0.15, 0.2) is 28.7 Å². The topological polar surface area (TPSA) is 42.7 Å². The summed E-state index contributed by atoms with van der Waals surface area (Å²) < 4.78 is 50.0. The van der Waals surface area contributed by atoms with Gasteiger partial charge in [0.05, 0.1) is 18.2 Å². The second-order valence-corrected chi connectivity index (χ2v) is 7.97. The van der Waals surface area contributed by atoms with Crippen molar-refractivity contribution in [3.63, 3.8) is 0 Å². The summed E-state index contributed by atoms with van der Waals surface area (Å²) in [5, 5.41) is 0. The zero-order chi connectivity index (χ0) is 20.8. The first kappa shape index (κ1) is 20.0. The first-order valence-corrected chi connectivity index (χ1v) is 9.92. The molecule has 1 saturated heterocycles. The molecule has 0 amide bonds. The molecule has 1 saturated carbocycles. The molecule has 4 rings (SSSR count). The van der Waals surface area contributed by atoms with Gasteiger partial charge in [0.15, 0.2) is 5.76 Å². The van der Waals surface area contributed by atoms with Gasteiger partial charge in [0.25, 0.3) is 0 Å². The standard InChI is InChI=1S/C22H24F3NO3/c1-13-10-19(20(27)14-4-3-9-26(12-14)16-6-7-16)29-21(13)17-8-5-15(22(23,24)25)11-18(17)28-2/h5,8,10-11,14,16H,3-4,6-7,9,12H2,1-2H3/t14-/m1/s1. The van der Waals surface area contributed by atoms with E-state index in [0.717, 1.165) is 38.1 Å². The lowest BCUT2D eigenvalue weighted by Crippen LogP contribution is -2.39. The molecule has 1 aliphatic heterocycles. The number of likely N-dealkylation sites (tertiary alicyclic amines) is 1. The van der Waals surface area contributed by atoms with Crippen LogP contribution in [0.1, 0.15) is 47.4 Å². The third kappa shape index (κ3) is 4.06. The monoisotopic (exact) mass is 407 g/mol. The number of Topliss-reactive ketones (excluding diaryl/α,β-unsaturated/α-hetero) is 1. The molecule has 4 nitrogen and oxygen atoms in total. The van der Waals surface area contributed by atoms with E-state index in [9.17, 15) is 18.0 Å². The highest BCUT2D eigenvalue weighted by atomic mass is 19.4. The van der Waals surface area contributed by atoms with Crippen molar-refractivity contribution >= 4 is 5.78 Å². The summed E-state index contributed by atoms with van der Waals surface area (Å²) in [5.41, 5.74) is 0.308. The molecule has 0 unspecified atom stereocenters. The van der Waals surface area contributed by atoms with E-state index in [-0.39, 0.29) is 23.2 Å². The minimum absolute atomic E-state index is 0.0319. The van der Waals surface area contributed by atoms with Gasteiger partial charge in [-0.1, -0.05) is 0 Å². The predicted molar refractivity (Wildman–Crippen MR) is 102 cm³/mol. The maximum atomic E-state index is 13.0. The molecular weight excluding hydrogens is 383 g/mol. The highest BCUT2D eigenvalue weighted by molar-refractivity contribution is 5.96. The van der Waals surface area contributed by atoms with Crippen LogP contribution in [0, 0.1) is 12.8 Å². The molecule has 0 bridgehead atoms. The maximum Gasteiger partial charge on any atom is 0.416 e. The average Bonchev–Trinajstić information content (AvgIpc) is 3.48. The molecular formula is C22H24F3NO3. The number of halogens is 3. The number of benzene rings is 1. The second-order valence-electron chi connectivity index (χ2n) is 7.97. The van der Waals surface area contributed by atoms with Crippen molar-refractivity contribution in [3.05, 3.63) is 41.2 Å². The fourth-order valence-electron chi connectivity index (χ4n) is 4.12. The van der Waals surface area contributed by atoms with Crippen LogP contribution in [0.4, 0.5) is 13.2 Å². The van der Waals surface area contributed by atoms with Crippen molar-refractivity contribution < 1.29 is 27.1 Å². The average molecular weight is 407 g/mol. The third-order valence-electron chi connectivity index (χ3n) is 5.82. The molecule has 2 aromatic rings. The molecule has 0 N–H and O–H groups in total. The van der Waals surface area contributed by atoms with Crippen molar-refractivity contribution in [3.8, 4) is 17.1 Å². The maximum absolute atomic E-state index is 13.0. The van der Waals surface area contributed by atoms with Gasteiger partial charge in [-0.3, -0.25) is 9.69 Å². The Kier molecular flexibility index (Phi) is 5.19. The zero-order valence-electron chi connectivity index (χ0n) is 16.5. The number of rotatable bonds is 5. The SMILES string of the molecule is COc1cc(C(F)(F)F)ccc1-c1oc(C(=O)[C@@H]2CCCN(C3CC3)C2)cc1C. The van der Waals surface area contributed by atoms with Crippen molar-refractivity contribution in [2.24, 2.45) is 5.92 Å². The predicted octanol–water partition coefficient (Wildman–Crippen LogP) is 5.34. The summed E-state index contributed by atoms with van der Waals surface area (Å²) in [6.45, 7) is 3.58. The summed E-state index contributed by atoms with van der Waals surface area (Å²) in [6, 6.07) is 5.58. The zero-order valence-corrected chi connectivity index (χ0v) is 16.5. The summed E-state index contributed by atoms with van der Waals surface area (Å²) in [7, 11) is 1.32. The van der Waals surface area contributed by atoms with E-state index in [4.69, 9.17) is 9.15 Å². The van der Waals surface area contributed by atoms with E-state index in [2.05, 4.69) is 4.90 Å². The van der Waals surface area contributed by atoms with Crippen molar-refractivity contribution in [1.29, 1.82) is 0 Å². The molecule has 1 aromatic carbocycles. The molecule has 1 aliphatic carbocycles. The molecule has 7 heteroatoms. The number of piperidine rings is 1. The molecule has 1 aromatic heterocycles. The Labute approximate surface area is 167 Å². The lowest BCUT2D eigenvalue weighted by atomic mass is 9.92. The van der Waals surface area contributed by atoms with E-state index in [0.29, 0.717) is 22.9 Å². The Hall–Kier alpha value is -2.28. The number of methoxy groups -OCH3 is 1. The lowest BCUT2D eigenvalue weighted by Gasteiger charge is -2.31. The number of hydrogen-bond acceptors (Lipinski definition) is 4. The Morgan fingerprint density at radius 1 is 1.21 bits per heavy atom. The van der Waals surface area contributed by atoms with Gasteiger partial charge in [-0.2, -0.15) is 13.2 Å². The van der Waals surface area contributed by atoms with Crippen molar-refractivity contribution in [1.82, 2.24) is 4.90 Å². The molecule has 0 radical (unpaired) electrons. The molecule has 2 heterocycles. The molecule has 2 fully saturated rings. The summed E-state index contributed by atoms with van der Waals surface area (Å²) in [5.74, 6) is 0.567. The number of nitrogens with zero attached hydrogens (tertiary/aromatic N) is 1. The Morgan fingerprint density at radius 2 is 1.97 bits per heavy atom. The van der Waals surface area contributed by atoms with Crippen LogP contribution in [0.3, 0.4) is 0 Å². The third-order valence-corrected chi connectivity index (χ3v) is 5.82. The summed E-state index contributed by atoms with van der Waals surface area (Å²) in [6.07, 6.45) is -0.219. The number of ketones is 1. The van der Waals surface area contributed by atoms with Crippen LogP contribution in [-0.4, -0.2) is 36.9 Å². The fraction of sp³-hybridized carbons (Fsp3) is 0.500. The lowest BCUT2D eigenvalue weighted by molar-refractivity contribution is -0.137. The fourth-order valence-corrected chi connectivity index (χ4v) is 4.12. The van der Waals surface area contributed by atoms with Crippen LogP contribution in [0.2, 0.25) is 0 Å². The quantitative estimate of drug-likeness (QED) is 0.628. The van der Waals surface area contributed by atoms with Crippen LogP contribution in [-0.2, 0) is 6.18 Å². The molecule has 1 atom stereocenters. The Morgan fingerprint density at radius 3 is 2.62 bits per heavy atom. The van der Waals surface area contributed by atoms with Crippen LogP contribution in [0.5, 0.6) is 5.75 Å². The number of furan rings is 1. The van der Waals surface area contributed by atoms with Crippen LogP contribution >= 0.6 is 0 Å². The molecule has 0 spiro atoms. The van der Waals surface area contributed by atoms with Crippen molar-refractivity contribution in [2.75, 3.05) is 20.2 Å². The Balaban J connectivity index is 1.60. The Bertz CT molecular complexity index is 915. The summed E-state index contributed by atoms with van der Waals surface area (Å²) >= 11 is 0. The summed E-state index contributed by atoms with van der Waals surface area (Å²) in [4.78, 5) is 15.4. The van der Waals surface area contributed by atoms with Crippen LogP contribution < -0.4 is 4.74 Å². The van der Waals surface area contributed by atoms with Gasteiger partial charge in [-0.15, -0.1) is 0 Å². The van der Waals surface area contributed by atoms with E-state index in [1.807, 2.05) is 0 Å². The van der Waals surface area contributed by atoms with Gasteiger partial charge in [-0.05, 0) is 69.0 Å². The van der Waals surface area contributed by atoms with Crippen molar-refractivity contribution in [2.45, 2.75) is 44.8 Å². The number of alkyl halides is 3. The largest absolute Gasteiger partial charge is 0.496 e. The number of carbonyl (C=O) groups excluding carboxylic acids is 1. The minimum Gasteiger partial charge on any atom is -0.496 e. The van der Waals surface area contributed by atoms with Gasteiger partial charge in [0.1, 0.15) is 11.5 Å². The van der Waals surface area contributed by atoms with E-state index >= 15 is 0 Å². The number of carbonyl (C=O) groups is 1. The number of aryl methyl sites for hydroxylation is 1. The molecule has 29 heavy (non-hydrogen) atoms. The van der Waals surface area contributed by atoms with Gasteiger partial charge < -0.3 is 9.15 Å². The molecule has 156 valence electrons. The van der Waals surface area contributed by atoms with Gasteiger partial charge in [-0.25, -0.2) is 0 Å². The second kappa shape index (κ2) is 7.52. The molecule has 2 aliphatic rings. The van der Waals surface area contributed by atoms with Crippen LogP contribution in [0.25, 0.3) is 11.3 Å². The number of ether oxygens (including phenoxy) is 1. The van der Waals surface area contributed by atoms with Gasteiger partial charge in [0, 0.05) is 18.5 Å². The van der Waals surface area contributed by atoms with E-state index < -0.39 is 11.7 Å². The van der Waals surface area contributed by atoms with E-state index in [1.54, 1.807) is 13.0 Å².